The molecule has 2 aliphatic carbocycles. The van der Waals surface area contributed by atoms with Crippen LogP contribution in [0.1, 0.15) is 86.5 Å². The van der Waals surface area contributed by atoms with Crippen LogP contribution in [0, 0.1) is 35.5 Å². The minimum atomic E-state index is -0.486. The van der Waals surface area contributed by atoms with E-state index in [9.17, 15) is 10.2 Å². The van der Waals surface area contributed by atoms with Crippen molar-refractivity contribution < 1.29 is 10.2 Å². The maximum atomic E-state index is 10.6. The monoisotopic (exact) mass is 429 g/mol. The zero-order chi connectivity index (χ0) is 23.0. The number of rotatable bonds is 11. The van der Waals surface area contributed by atoms with Gasteiger partial charge in [0.25, 0.3) is 0 Å². The van der Waals surface area contributed by atoms with Gasteiger partial charge < -0.3 is 10.2 Å². The molecule has 0 heterocycles. The van der Waals surface area contributed by atoms with Gasteiger partial charge in [0.1, 0.15) is 0 Å². The predicted octanol–water partition coefficient (Wildman–Crippen LogP) is 5.58. The van der Waals surface area contributed by atoms with Crippen LogP contribution in [-0.4, -0.2) is 45.9 Å². The van der Waals surface area contributed by atoms with Gasteiger partial charge in [-0.1, -0.05) is 30.7 Å². The van der Waals surface area contributed by atoms with E-state index in [1.807, 2.05) is 19.9 Å². The Labute approximate surface area is 192 Å². The van der Waals surface area contributed by atoms with E-state index < -0.39 is 6.10 Å². The summed E-state index contributed by atoms with van der Waals surface area (Å²) in [5.41, 5.74) is 1.59. The number of aliphatic hydroxyl groups is 2. The smallest absolute Gasteiger partial charge is 0.0755 e. The molecule has 0 radical (unpaired) electrons. The molecule has 0 aliphatic heterocycles. The number of unbranched alkanes of at least 4 members (excludes halogenated alkanes) is 2. The minimum absolute atomic E-state index is 0.124. The molecule has 0 aromatic carbocycles. The van der Waals surface area contributed by atoms with Gasteiger partial charge in [-0.15, -0.1) is 11.8 Å². The van der Waals surface area contributed by atoms with Crippen LogP contribution in [0.25, 0.3) is 0 Å². The zero-order valence-corrected chi connectivity index (χ0v) is 20.8. The molecule has 2 saturated carbocycles. The Morgan fingerprint density at radius 2 is 1.81 bits per heavy atom. The molecule has 0 aromatic rings. The largest absolute Gasteiger partial charge is 0.392 e. The molecule has 0 saturated heterocycles. The summed E-state index contributed by atoms with van der Waals surface area (Å²) in [7, 11) is 0. The fraction of sp³-hybridized carbons (Fsp3) is 0.786. The topological polar surface area (TPSA) is 43.7 Å². The van der Waals surface area contributed by atoms with Crippen molar-refractivity contribution in [3.8, 4) is 11.8 Å². The van der Waals surface area contributed by atoms with E-state index in [2.05, 4.69) is 56.6 Å². The molecule has 6 atom stereocenters. The average molecular weight is 430 g/mol. The zero-order valence-electron chi connectivity index (χ0n) is 20.8. The van der Waals surface area contributed by atoms with Crippen molar-refractivity contribution in [3.05, 3.63) is 23.8 Å². The Hall–Kier alpha value is -1.08. The quantitative estimate of drug-likeness (QED) is 0.256. The van der Waals surface area contributed by atoms with E-state index >= 15 is 0 Å². The molecule has 0 amide bonds. The summed E-state index contributed by atoms with van der Waals surface area (Å²) in [5.74, 6) is 7.40. The number of nitrogens with zero attached hydrogens (tertiary/aromatic N) is 1. The van der Waals surface area contributed by atoms with E-state index in [-0.39, 0.29) is 17.9 Å². The standard InChI is InChI=1S/C28H47NO2/c1-7-8-12-22(6)27(30)15-14-25-26-18-23(17-24(26)19-28(25)31)13-10-9-11-16-29(20(2)3)21(4)5/h13-15,20-22,24-28,30-31H,9-12,16-19H2,1-6H3/b15-14+,23-13+/t22-,24+,25-,26+,27-,28-/m1/s1. The second-order valence-corrected chi connectivity index (χ2v) is 10.5. The summed E-state index contributed by atoms with van der Waals surface area (Å²) in [6.07, 6.45) is 13.3. The van der Waals surface area contributed by atoms with Crippen molar-refractivity contribution in [2.45, 2.75) is 111 Å². The molecule has 0 bridgehead atoms. The van der Waals surface area contributed by atoms with Crippen LogP contribution in [0.15, 0.2) is 23.8 Å². The predicted molar refractivity (Wildman–Crippen MR) is 132 cm³/mol. The molecule has 0 aromatic heterocycles. The van der Waals surface area contributed by atoms with Gasteiger partial charge in [0.05, 0.1) is 12.2 Å². The second-order valence-electron chi connectivity index (χ2n) is 10.5. The van der Waals surface area contributed by atoms with Gasteiger partial charge in [-0.05, 0) is 97.4 Å². The molecule has 2 N–H and O–H groups in total. The summed E-state index contributed by atoms with van der Waals surface area (Å²) in [4.78, 5) is 2.58. The molecule has 0 unspecified atom stereocenters. The van der Waals surface area contributed by atoms with Crippen LogP contribution < -0.4 is 0 Å². The summed E-state index contributed by atoms with van der Waals surface area (Å²) in [6, 6.07) is 1.23. The molecule has 176 valence electrons. The molecular formula is C28H47NO2. The summed E-state index contributed by atoms with van der Waals surface area (Å²) >= 11 is 0. The lowest BCUT2D eigenvalue weighted by molar-refractivity contribution is 0.137. The number of aliphatic hydroxyl groups excluding tert-OH is 2. The fourth-order valence-corrected chi connectivity index (χ4v) is 5.61. The van der Waals surface area contributed by atoms with Crippen LogP contribution in [-0.2, 0) is 0 Å². The number of hydrogen-bond acceptors (Lipinski definition) is 3. The van der Waals surface area contributed by atoms with Crippen LogP contribution in [0.4, 0.5) is 0 Å². The molecule has 3 nitrogen and oxygen atoms in total. The third-order valence-corrected chi connectivity index (χ3v) is 7.46. The van der Waals surface area contributed by atoms with E-state index in [1.54, 1.807) is 5.57 Å². The van der Waals surface area contributed by atoms with Crippen LogP contribution in [0.5, 0.6) is 0 Å². The normalized spacial score (nSPS) is 29.2. The van der Waals surface area contributed by atoms with Gasteiger partial charge >= 0.3 is 0 Å². The summed E-state index contributed by atoms with van der Waals surface area (Å²) in [5, 5.41) is 21.0. The third-order valence-electron chi connectivity index (χ3n) is 7.46. The first kappa shape index (κ1) is 26.2. The highest BCUT2D eigenvalue weighted by molar-refractivity contribution is 5.18. The highest BCUT2D eigenvalue weighted by Gasteiger charge is 2.44. The van der Waals surface area contributed by atoms with Crippen molar-refractivity contribution in [1.82, 2.24) is 4.90 Å². The molecule has 2 fully saturated rings. The van der Waals surface area contributed by atoms with Crippen molar-refractivity contribution in [1.29, 1.82) is 0 Å². The van der Waals surface area contributed by atoms with Gasteiger partial charge in [-0.25, -0.2) is 0 Å². The van der Waals surface area contributed by atoms with Crippen LogP contribution in [0.2, 0.25) is 0 Å². The SMILES string of the molecule is CC#CC[C@@H](C)[C@H](O)/C=C/[C@@H]1[C@H]2C/C(=C/CCCCN(C(C)C)C(C)C)C[C@H]2C[C@H]1O. The molecular weight excluding hydrogens is 382 g/mol. The summed E-state index contributed by atoms with van der Waals surface area (Å²) < 4.78 is 0. The van der Waals surface area contributed by atoms with Gasteiger partial charge in [0.2, 0.25) is 0 Å². The Morgan fingerprint density at radius 3 is 2.45 bits per heavy atom. The van der Waals surface area contributed by atoms with E-state index in [0.717, 1.165) is 19.3 Å². The molecule has 2 rings (SSSR count). The fourth-order valence-electron chi connectivity index (χ4n) is 5.61. The maximum Gasteiger partial charge on any atom is 0.0755 e. The molecule has 2 aliphatic rings. The lowest BCUT2D eigenvalue weighted by atomic mass is 9.89. The molecule has 0 spiro atoms. The first-order valence-corrected chi connectivity index (χ1v) is 12.6. The van der Waals surface area contributed by atoms with Crippen molar-refractivity contribution in [3.63, 3.8) is 0 Å². The van der Waals surface area contributed by atoms with Crippen LogP contribution in [0.3, 0.4) is 0 Å². The third kappa shape index (κ3) is 7.77. The number of allylic oxidation sites excluding steroid dienone is 2. The molecule has 3 heteroatoms. The maximum absolute atomic E-state index is 10.6. The van der Waals surface area contributed by atoms with Gasteiger partial charge in [0.15, 0.2) is 0 Å². The van der Waals surface area contributed by atoms with Crippen molar-refractivity contribution >= 4 is 0 Å². The number of hydrogen-bond donors (Lipinski definition) is 2. The Kier molecular flexibility index (Phi) is 10.8. The second kappa shape index (κ2) is 12.8. The van der Waals surface area contributed by atoms with Gasteiger partial charge in [-0.2, -0.15) is 0 Å². The summed E-state index contributed by atoms with van der Waals surface area (Å²) in [6.45, 7) is 14.2. The molecule has 31 heavy (non-hydrogen) atoms. The Morgan fingerprint density at radius 1 is 1.10 bits per heavy atom. The highest BCUT2D eigenvalue weighted by Crippen LogP contribution is 2.50. The minimum Gasteiger partial charge on any atom is -0.392 e. The van der Waals surface area contributed by atoms with Crippen molar-refractivity contribution in [2.24, 2.45) is 23.7 Å². The van der Waals surface area contributed by atoms with E-state index in [1.165, 1.54) is 25.8 Å². The Balaban J connectivity index is 1.81. The lowest BCUT2D eigenvalue weighted by Gasteiger charge is -2.30. The van der Waals surface area contributed by atoms with E-state index in [4.69, 9.17) is 0 Å². The van der Waals surface area contributed by atoms with Gasteiger partial charge in [0, 0.05) is 24.4 Å². The average Bonchev–Trinajstić information content (AvgIpc) is 3.22. The lowest BCUT2D eigenvalue weighted by Crippen LogP contribution is -2.37. The first-order chi connectivity index (χ1) is 14.7. The first-order valence-electron chi connectivity index (χ1n) is 12.6. The van der Waals surface area contributed by atoms with Crippen molar-refractivity contribution in [2.75, 3.05) is 6.54 Å². The number of fused-ring (bicyclic) bond motifs is 1. The Bertz CT molecular complexity index is 646. The van der Waals surface area contributed by atoms with Gasteiger partial charge in [-0.3, -0.25) is 4.90 Å². The van der Waals surface area contributed by atoms with Crippen LogP contribution >= 0.6 is 0 Å². The highest BCUT2D eigenvalue weighted by atomic mass is 16.3. The van der Waals surface area contributed by atoms with E-state index in [0.29, 0.717) is 30.3 Å².